The lowest BCUT2D eigenvalue weighted by molar-refractivity contribution is 0.317. The molecule has 1 heterocycles. The van der Waals surface area contributed by atoms with Crippen LogP contribution in [0, 0.1) is 0 Å². The van der Waals surface area contributed by atoms with Gasteiger partial charge in [-0.1, -0.05) is 6.92 Å². The molecule has 3 N–H and O–H groups in total. The van der Waals surface area contributed by atoms with E-state index in [2.05, 4.69) is 36.1 Å². The first-order valence-electron chi connectivity index (χ1n) is 5.90. The molecule has 0 aliphatic carbocycles. The smallest absolute Gasteiger partial charge is 0.188 e. The van der Waals surface area contributed by atoms with Crippen LogP contribution < -0.4 is 11.1 Å². The van der Waals surface area contributed by atoms with Gasteiger partial charge in [0.1, 0.15) is 0 Å². The molecule has 0 spiro atoms. The molecule has 1 aliphatic heterocycles. The van der Waals surface area contributed by atoms with Gasteiger partial charge >= 0.3 is 0 Å². The second-order valence-electron chi connectivity index (χ2n) is 4.46. The van der Waals surface area contributed by atoms with E-state index in [1.54, 1.807) is 0 Å². The normalized spacial score (nSPS) is 25.5. The molecule has 4 heteroatoms. The molecule has 0 saturated carbocycles. The number of nitrogens with one attached hydrogen (secondary N) is 1. The van der Waals surface area contributed by atoms with Crippen LogP contribution in [0.3, 0.4) is 0 Å². The fourth-order valence-corrected chi connectivity index (χ4v) is 1.81. The highest BCUT2D eigenvalue weighted by molar-refractivity contribution is 5.78. The third-order valence-electron chi connectivity index (χ3n) is 3.15. The van der Waals surface area contributed by atoms with Gasteiger partial charge in [0.25, 0.3) is 0 Å². The summed E-state index contributed by atoms with van der Waals surface area (Å²) in [5, 5.41) is 3.18. The predicted octanol–water partition coefficient (Wildman–Crippen LogP) is 0.783. The molecule has 1 aliphatic rings. The average Bonchev–Trinajstić information content (AvgIpc) is 2.61. The van der Waals surface area contributed by atoms with Crippen molar-refractivity contribution in [2.75, 3.05) is 20.1 Å². The number of nitrogens with two attached hydrogens (primary N) is 1. The lowest BCUT2D eigenvalue weighted by atomic mass is 10.2. The number of hydrogen-bond acceptors (Lipinski definition) is 2. The van der Waals surface area contributed by atoms with Gasteiger partial charge in [0.15, 0.2) is 5.96 Å². The third-order valence-corrected chi connectivity index (χ3v) is 3.15. The number of guanidine groups is 1. The summed E-state index contributed by atoms with van der Waals surface area (Å²) < 4.78 is 0. The van der Waals surface area contributed by atoms with Crippen molar-refractivity contribution in [3.63, 3.8) is 0 Å². The van der Waals surface area contributed by atoms with E-state index in [4.69, 9.17) is 5.73 Å². The van der Waals surface area contributed by atoms with E-state index in [9.17, 15) is 0 Å². The molecule has 0 amide bonds. The monoisotopic (exact) mass is 212 g/mol. The molecular weight excluding hydrogens is 188 g/mol. The van der Waals surface area contributed by atoms with E-state index >= 15 is 0 Å². The molecule has 1 fully saturated rings. The summed E-state index contributed by atoms with van der Waals surface area (Å²) in [6.45, 7) is 6.27. The topological polar surface area (TPSA) is 53.6 Å². The Bertz CT molecular complexity index is 215. The maximum Gasteiger partial charge on any atom is 0.188 e. The van der Waals surface area contributed by atoms with Crippen LogP contribution in [0.4, 0.5) is 0 Å². The van der Waals surface area contributed by atoms with Crippen LogP contribution in [0.15, 0.2) is 4.99 Å². The van der Waals surface area contributed by atoms with Gasteiger partial charge in [-0.25, -0.2) is 0 Å². The molecule has 2 atom stereocenters. The quantitative estimate of drug-likeness (QED) is 0.535. The summed E-state index contributed by atoms with van der Waals surface area (Å²) in [4.78, 5) is 6.75. The highest BCUT2D eigenvalue weighted by atomic mass is 15.2. The van der Waals surface area contributed by atoms with Gasteiger partial charge in [-0.05, 0) is 39.8 Å². The minimum Gasteiger partial charge on any atom is -0.370 e. The highest BCUT2D eigenvalue weighted by Gasteiger charge is 2.19. The summed E-state index contributed by atoms with van der Waals surface area (Å²) >= 11 is 0. The molecule has 0 aromatic carbocycles. The Morgan fingerprint density at radius 2 is 2.40 bits per heavy atom. The van der Waals surface area contributed by atoms with Crippen LogP contribution in [0.1, 0.15) is 33.1 Å². The summed E-state index contributed by atoms with van der Waals surface area (Å²) in [7, 11) is 2.16. The van der Waals surface area contributed by atoms with Crippen LogP contribution in [-0.4, -0.2) is 43.1 Å². The van der Waals surface area contributed by atoms with Crippen molar-refractivity contribution in [2.45, 2.75) is 45.2 Å². The lowest BCUT2D eigenvalue weighted by Crippen LogP contribution is -2.39. The Labute approximate surface area is 92.9 Å². The van der Waals surface area contributed by atoms with Crippen molar-refractivity contribution in [1.29, 1.82) is 0 Å². The standard InChI is InChI=1S/C11H24N4/c1-4-9(2)14-11(12)13-8-10-6-5-7-15(10)3/h9-10H,4-8H2,1-3H3,(H3,12,13,14). The van der Waals surface area contributed by atoms with E-state index in [1.165, 1.54) is 19.4 Å². The van der Waals surface area contributed by atoms with Gasteiger partial charge in [0, 0.05) is 12.1 Å². The molecule has 0 radical (unpaired) electrons. The highest BCUT2D eigenvalue weighted by Crippen LogP contribution is 2.14. The zero-order valence-corrected chi connectivity index (χ0v) is 10.2. The van der Waals surface area contributed by atoms with Crippen molar-refractivity contribution in [3.8, 4) is 0 Å². The van der Waals surface area contributed by atoms with Crippen LogP contribution in [0.25, 0.3) is 0 Å². The van der Waals surface area contributed by atoms with Crippen molar-refractivity contribution < 1.29 is 0 Å². The fraction of sp³-hybridized carbons (Fsp3) is 0.909. The summed E-state index contributed by atoms with van der Waals surface area (Å²) in [5.74, 6) is 0.588. The molecule has 4 nitrogen and oxygen atoms in total. The summed E-state index contributed by atoms with van der Waals surface area (Å²) in [5.41, 5.74) is 5.79. The maximum absolute atomic E-state index is 5.79. The molecule has 1 saturated heterocycles. The van der Waals surface area contributed by atoms with Crippen molar-refractivity contribution >= 4 is 5.96 Å². The number of likely N-dealkylation sites (tertiary alicyclic amines) is 1. The molecule has 2 unspecified atom stereocenters. The number of likely N-dealkylation sites (N-methyl/N-ethyl adjacent to an activating group) is 1. The van der Waals surface area contributed by atoms with E-state index in [0.717, 1.165) is 13.0 Å². The van der Waals surface area contributed by atoms with E-state index in [-0.39, 0.29) is 0 Å². The van der Waals surface area contributed by atoms with Crippen LogP contribution in [0.2, 0.25) is 0 Å². The molecular formula is C11H24N4. The first-order valence-corrected chi connectivity index (χ1v) is 5.90. The van der Waals surface area contributed by atoms with Gasteiger partial charge in [-0.2, -0.15) is 0 Å². The zero-order valence-electron chi connectivity index (χ0n) is 10.2. The van der Waals surface area contributed by atoms with Crippen molar-refractivity contribution in [3.05, 3.63) is 0 Å². The van der Waals surface area contributed by atoms with E-state index in [1.807, 2.05) is 0 Å². The Hall–Kier alpha value is -0.770. The van der Waals surface area contributed by atoms with E-state index in [0.29, 0.717) is 18.0 Å². The van der Waals surface area contributed by atoms with Crippen molar-refractivity contribution in [1.82, 2.24) is 10.2 Å². The molecule has 88 valence electrons. The van der Waals surface area contributed by atoms with Gasteiger partial charge in [-0.3, -0.25) is 4.99 Å². The van der Waals surface area contributed by atoms with Gasteiger partial charge in [0.05, 0.1) is 6.54 Å². The molecule has 0 bridgehead atoms. The molecule has 0 aromatic heterocycles. The first kappa shape index (κ1) is 12.3. The van der Waals surface area contributed by atoms with Crippen molar-refractivity contribution in [2.24, 2.45) is 10.7 Å². The average molecular weight is 212 g/mol. The molecule has 15 heavy (non-hydrogen) atoms. The second-order valence-corrected chi connectivity index (χ2v) is 4.46. The number of hydrogen-bond donors (Lipinski definition) is 2. The lowest BCUT2D eigenvalue weighted by Gasteiger charge is -2.18. The van der Waals surface area contributed by atoms with Gasteiger partial charge in [-0.15, -0.1) is 0 Å². The maximum atomic E-state index is 5.79. The van der Waals surface area contributed by atoms with Gasteiger partial charge in [0.2, 0.25) is 0 Å². The molecule has 1 rings (SSSR count). The van der Waals surface area contributed by atoms with Crippen LogP contribution in [-0.2, 0) is 0 Å². The van der Waals surface area contributed by atoms with E-state index < -0.39 is 0 Å². The van der Waals surface area contributed by atoms with Crippen LogP contribution in [0.5, 0.6) is 0 Å². The Kier molecular flexibility index (Phi) is 4.88. The summed E-state index contributed by atoms with van der Waals surface area (Å²) in [6, 6.07) is 0.998. The SMILES string of the molecule is CCC(C)NC(N)=NCC1CCCN1C. The number of nitrogens with zero attached hydrogens (tertiary/aromatic N) is 2. The Morgan fingerprint density at radius 1 is 1.67 bits per heavy atom. The minimum atomic E-state index is 0.412. The molecule has 0 aromatic rings. The second kappa shape index (κ2) is 5.95. The largest absolute Gasteiger partial charge is 0.370 e. The summed E-state index contributed by atoms with van der Waals surface area (Å²) in [6.07, 6.45) is 3.60. The van der Waals surface area contributed by atoms with Gasteiger partial charge < -0.3 is 16.0 Å². The van der Waals surface area contributed by atoms with Crippen LogP contribution >= 0.6 is 0 Å². The first-order chi connectivity index (χ1) is 7.13. The number of aliphatic imine (C=N–C) groups is 1. The Balaban J connectivity index is 2.29. The fourth-order valence-electron chi connectivity index (χ4n) is 1.81. The minimum absolute atomic E-state index is 0.412. The predicted molar refractivity (Wildman–Crippen MR) is 65.0 cm³/mol. The number of rotatable bonds is 4. The zero-order chi connectivity index (χ0) is 11.3. The third kappa shape index (κ3) is 4.08. The Morgan fingerprint density at radius 3 is 2.93 bits per heavy atom.